The molecule has 2 aromatic rings. The van der Waals surface area contributed by atoms with E-state index in [2.05, 4.69) is 17.2 Å². The minimum absolute atomic E-state index is 0.0438. The number of aromatic nitrogens is 1. The van der Waals surface area contributed by atoms with Crippen LogP contribution in [-0.4, -0.2) is 18.1 Å². The first-order valence-corrected chi connectivity index (χ1v) is 7.35. The van der Waals surface area contributed by atoms with E-state index in [9.17, 15) is 4.79 Å². The van der Waals surface area contributed by atoms with Gasteiger partial charge in [-0.1, -0.05) is 12.1 Å². The van der Waals surface area contributed by atoms with Crippen LogP contribution < -0.4 is 5.32 Å². The van der Waals surface area contributed by atoms with Crippen molar-refractivity contribution in [2.24, 2.45) is 0 Å². The van der Waals surface area contributed by atoms with Crippen molar-refractivity contribution in [3.63, 3.8) is 0 Å². The highest BCUT2D eigenvalue weighted by Crippen LogP contribution is 2.25. The molecule has 0 aromatic carbocycles. The Kier molecular flexibility index (Phi) is 5.26. The minimum Gasteiger partial charge on any atom is -0.469 e. The van der Waals surface area contributed by atoms with Gasteiger partial charge in [-0.2, -0.15) is 0 Å². The van der Waals surface area contributed by atoms with Crippen LogP contribution in [0.5, 0.6) is 0 Å². The van der Waals surface area contributed by atoms with Crippen molar-refractivity contribution in [3.05, 3.63) is 52.5 Å². The molecule has 4 nitrogen and oxygen atoms in total. The molecule has 2 unspecified atom stereocenters. The molecule has 5 heteroatoms. The number of ether oxygens (including phenoxy) is 1. The van der Waals surface area contributed by atoms with Crippen LogP contribution in [0.4, 0.5) is 0 Å². The Balaban J connectivity index is 2.09. The molecule has 20 heavy (non-hydrogen) atoms. The number of nitrogens with one attached hydrogen (secondary N) is 1. The van der Waals surface area contributed by atoms with Crippen molar-refractivity contribution in [3.8, 4) is 0 Å². The van der Waals surface area contributed by atoms with Crippen LogP contribution >= 0.6 is 11.3 Å². The van der Waals surface area contributed by atoms with E-state index in [0.29, 0.717) is 6.42 Å². The predicted octanol–water partition coefficient (Wildman–Crippen LogP) is 3.10. The minimum atomic E-state index is -0.214. The number of methoxy groups -OCH3 is 1. The monoisotopic (exact) mass is 290 g/mol. The summed E-state index contributed by atoms with van der Waals surface area (Å²) in [6.45, 7) is 2.06. The first-order chi connectivity index (χ1) is 9.70. The third-order valence-electron chi connectivity index (χ3n) is 3.12. The van der Waals surface area contributed by atoms with E-state index < -0.39 is 0 Å². The number of pyridine rings is 1. The molecule has 0 bridgehead atoms. The smallest absolute Gasteiger partial charge is 0.307 e. The van der Waals surface area contributed by atoms with Gasteiger partial charge in [-0.05, 0) is 30.0 Å². The Morgan fingerprint density at radius 1 is 1.45 bits per heavy atom. The highest BCUT2D eigenvalue weighted by atomic mass is 32.1. The summed E-state index contributed by atoms with van der Waals surface area (Å²) in [5, 5.41) is 5.48. The molecular formula is C15H18N2O2S. The highest BCUT2D eigenvalue weighted by Gasteiger charge is 2.20. The molecular weight excluding hydrogens is 272 g/mol. The van der Waals surface area contributed by atoms with Gasteiger partial charge in [0.2, 0.25) is 0 Å². The Labute approximate surface area is 122 Å². The Morgan fingerprint density at radius 2 is 2.30 bits per heavy atom. The third kappa shape index (κ3) is 3.88. The molecule has 0 amide bonds. The fraction of sp³-hybridized carbons (Fsp3) is 0.333. The SMILES string of the molecule is COC(=O)CC(NC(C)c1cccnc1)c1cccs1. The third-order valence-corrected chi connectivity index (χ3v) is 4.11. The molecule has 2 heterocycles. The highest BCUT2D eigenvalue weighted by molar-refractivity contribution is 7.10. The van der Waals surface area contributed by atoms with Gasteiger partial charge in [-0.15, -0.1) is 11.3 Å². The zero-order valence-electron chi connectivity index (χ0n) is 11.6. The second-order valence-electron chi connectivity index (χ2n) is 4.52. The molecule has 2 rings (SSSR count). The Morgan fingerprint density at radius 3 is 2.90 bits per heavy atom. The molecule has 0 radical (unpaired) electrons. The van der Waals surface area contributed by atoms with E-state index >= 15 is 0 Å². The molecule has 0 aliphatic carbocycles. The predicted molar refractivity (Wildman–Crippen MR) is 79.5 cm³/mol. The van der Waals surface area contributed by atoms with Crippen LogP contribution in [0.1, 0.15) is 35.9 Å². The number of nitrogens with zero attached hydrogens (tertiary/aromatic N) is 1. The summed E-state index contributed by atoms with van der Waals surface area (Å²) >= 11 is 1.63. The molecule has 2 atom stereocenters. The molecule has 0 aliphatic rings. The van der Waals surface area contributed by atoms with Crippen LogP contribution in [0.3, 0.4) is 0 Å². The van der Waals surface area contributed by atoms with Gasteiger partial charge in [0, 0.05) is 23.3 Å². The molecule has 0 aliphatic heterocycles. The van der Waals surface area contributed by atoms with Gasteiger partial charge in [0.05, 0.1) is 19.6 Å². The lowest BCUT2D eigenvalue weighted by molar-refractivity contribution is -0.141. The van der Waals surface area contributed by atoms with Gasteiger partial charge in [0.15, 0.2) is 0 Å². The summed E-state index contributed by atoms with van der Waals surface area (Å²) in [6, 6.07) is 8.02. The van der Waals surface area contributed by atoms with Crippen LogP contribution in [0.15, 0.2) is 42.0 Å². The fourth-order valence-electron chi connectivity index (χ4n) is 2.01. The maximum Gasteiger partial charge on any atom is 0.307 e. The topological polar surface area (TPSA) is 51.2 Å². The van der Waals surface area contributed by atoms with E-state index in [1.807, 2.05) is 35.8 Å². The number of thiophene rings is 1. The maximum atomic E-state index is 11.6. The van der Waals surface area contributed by atoms with E-state index in [1.54, 1.807) is 17.5 Å². The van der Waals surface area contributed by atoms with E-state index in [-0.39, 0.29) is 18.1 Å². The second kappa shape index (κ2) is 7.17. The first kappa shape index (κ1) is 14.7. The number of hydrogen-bond donors (Lipinski definition) is 1. The molecule has 0 fully saturated rings. The zero-order chi connectivity index (χ0) is 14.4. The number of carbonyl (C=O) groups excluding carboxylic acids is 1. The number of rotatable bonds is 6. The van der Waals surface area contributed by atoms with Crippen molar-refractivity contribution < 1.29 is 9.53 Å². The standard InChI is InChI=1S/C15H18N2O2S/c1-11(12-5-3-7-16-10-12)17-13(9-15(18)19-2)14-6-4-8-20-14/h3-8,10-11,13,17H,9H2,1-2H3. The molecule has 106 valence electrons. The molecule has 0 saturated heterocycles. The van der Waals surface area contributed by atoms with Crippen molar-refractivity contribution in [1.82, 2.24) is 10.3 Å². The summed E-state index contributed by atoms with van der Waals surface area (Å²) < 4.78 is 4.78. The van der Waals surface area contributed by atoms with Crippen molar-refractivity contribution in [2.75, 3.05) is 7.11 Å². The summed E-state index contributed by atoms with van der Waals surface area (Å²) in [5.41, 5.74) is 1.10. The van der Waals surface area contributed by atoms with Gasteiger partial charge >= 0.3 is 5.97 Å². The van der Waals surface area contributed by atoms with Crippen molar-refractivity contribution >= 4 is 17.3 Å². The summed E-state index contributed by atoms with van der Waals surface area (Å²) in [7, 11) is 1.42. The van der Waals surface area contributed by atoms with E-state index in [4.69, 9.17) is 4.74 Å². The molecule has 2 aromatic heterocycles. The first-order valence-electron chi connectivity index (χ1n) is 6.47. The van der Waals surface area contributed by atoms with Crippen LogP contribution in [0, 0.1) is 0 Å². The van der Waals surface area contributed by atoms with Gasteiger partial charge in [0.1, 0.15) is 0 Å². The summed E-state index contributed by atoms with van der Waals surface area (Å²) in [5.74, 6) is -0.214. The average molecular weight is 290 g/mol. The van der Waals surface area contributed by atoms with Crippen molar-refractivity contribution in [1.29, 1.82) is 0 Å². The van der Waals surface area contributed by atoms with E-state index in [0.717, 1.165) is 10.4 Å². The average Bonchev–Trinajstić information content (AvgIpc) is 3.01. The van der Waals surface area contributed by atoms with Crippen LogP contribution in [0.25, 0.3) is 0 Å². The van der Waals surface area contributed by atoms with Gasteiger partial charge in [-0.3, -0.25) is 9.78 Å². The van der Waals surface area contributed by atoms with Crippen molar-refractivity contribution in [2.45, 2.75) is 25.4 Å². The molecule has 1 N–H and O–H groups in total. The lowest BCUT2D eigenvalue weighted by Crippen LogP contribution is -2.26. The quantitative estimate of drug-likeness (QED) is 0.831. The number of carbonyl (C=O) groups is 1. The van der Waals surface area contributed by atoms with E-state index in [1.165, 1.54) is 7.11 Å². The largest absolute Gasteiger partial charge is 0.469 e. The Hall–Kier alpha value is -1.72. The zero-order valence-corrected chi connectivity index (χ0v) is 12.4. The summed E-state index contributed by atoms with van der Waals surface area (Å²) in [4.78, 5) is 16.8. The van der Waals surface area contributed by atoms with Crippen LogP contribution in [0.2, 0.25) is 0 Å². The lowest BCUT2D eigenvalue weighted by atomic mass is 10.1. The number of hydrogen-bond acceptors (Lipinski definition) is 5. The molecule has 0 saturated carbocycles. The normalized spacial score (nSPS) is 13.7. The lowest BCUT2D eigenvalue weighted by Gasteiger charge is -2.22. The number of esters is 1. The summed E-state index contributed by atoms with van der Waals surface area (Å²) in [6.07, 6.45) is 3.91. The molecule has 0 spiro atoms. The second-order valence-corrected chi connectivity index (χ2v) is 5.50. The fourth-order valence-corrected chi connectivity index (χ4v) is 2.80. The maximum absolute atomic E-state index is 11.6. The van der Waals surface area contributed by atoms with Gasteiger partial charge in [0.25, 0.3) is 0 Å². The van der Waals surface area contributed by atoms with Gasteiger partial charge < -0.3 is 10.1 Å². The van der Waals surface area contributed by atoms with Crippen LogP contribution in [-0.2, 0) is 9.53 Å². The van der Waals surface area contributed by atoms with Gasteiger partial charge in [-0.25, -0.2) is 0 Å². The Bertz CT molecular complexity index is 528.